The van der Waals surface area contributed by atoms with Gasteiger partial charge in [-0.1, -0.05) is 78.9 Å². The fourth-order valence-electron chi connectivity index (χ4n) is 6.18. The maximum absolute atomic E-state index is 14.3. The Morgan fingerprint density at radius 1 is 0.766 bits per heavy atom. The molecule has 47 heavy (non-hydrogen) atoms. The Kier molecular flexibility index (Phi) is 7.53. The number of hydrogen-bond acceptors (Lipinski definition) is 4. The molecule has 8 heteroatoms. The first kappa shape index (κ1) is 30.2. The van der Waals surface area contributed by atoms with Crippen molar-refractivity contribution in [2.24, 2.45) is 0 Å². The highest BCUT2D eigenvalue weighted by Crippen LogP contribution is 2.46. The summed E-state index contributed by atoms with van der Waals surface area (Å²) in [6.45, 7) is 0.545. The number of amides is 1. The van der Waals surface area contributed by atoms with Crippen LogP contribution in [0.1, 0.15) is 44.7 Å². The fourth-order valence-corrected chi connectivity index (χ4v) is 6.85. The van der Waals surface area contributed by atoms with Gasteiger partial charge in [0.2, 0.25) is 0 Å². The van der Waals surface area contributed by atoms with E-state index in [1.807, 2.05) is 48.7 Å². The first-order valence-electron chi connectivity index (χ1n) is 15.3. The highest BCUT2D eigenvalue weighted by molar-refractivity contribution is 7.90. The SMILES string of the molecule is CS(=O)(=O)c1cccc(-c2cc(C(=O)NC3(c4ccc(C(=O)O)cc4)CC3)c3c(ccn3Cc3ccc(-c4ccccc4)cc3)c2)c1. The van der Waals surface area contributed by atoms with Crippen molar-refractivity contribution in [3.05, 3.63) is 150 Å². The highest BCUT2D eigenvalue weighted by atomic mass is 32.2. The van der Waals surface area contributed by atoms with E-state index < -0.39 is 21.3 Å². The van der Waals surface area contributed by atoms with E-state index in [4.69, 9.17) is 0 Å². The molecule has 234 valence electrons. The molecule has 0 radical (unpaired) electrons. The molecule has 5 aromatic carbocycles. The number of aromatic carboxylic acids is 1. The van der Waals surface area contributed by atoms with E-state index in [0.29, 0.717) is 17.7 Å². The van der Waals surface area contributed by atoms with E-state index in [0.717, 1.165) is 51.6 Å². The fraction of sp³-hybridized carbons (Fsp3) is 0.128. The minimum atomic E-state index is -3.43. The van der Waals surface area contributed by atoms with Crippen molar-refractivity contribution >= 4 is 32.6 Å². The predicted molar refractivity (Wildman–Crippen MR) is 183 cm³/mol. The molecular formula is C39H32N2O5S. The van der Waals surface area contributed by atoms with E-state index in [9.17, 15) is 23.1 Å². The predicted octanol–water partition coefficient (Wildman–Crippen LogP) is 7.54. The quantitative estimate of drug-likeness (QED) is 0.170. The molecule has 1 aliphatic rings. The second kappa shape index (κ2) is 11.7. The third-order valence-electron chi connectivity index (χ3n) is 8.90. The zero-order valence-electron chi connectivity index (χ0n) is 25.7. The van der Waals surface area contributed by atoms with Crippen molar-refractivity contribution in [1.29, 1.82) is 0 Å². The third kappa shape index (κ3) is 6.07. The van der Waals surface area contributed by atoms with Crippen molar-refractivity contribution in [2.45, 2.75) is 29.8 Å². The number of carbonyl (C=O) groups is 2. The maximum Gasteiger partial charge on any atom is 0.335 e. The van der Waals surface area contributed by atoms with Gasteiger partial charge in [0.15, 0.2) is 9.84 Å². The van der Waals surface area contributed by atoms with Crippen LogP contribution in [-0.2, 0) is 21.9 Å². The van der Waals surface area contributed by atoms with Gasteiger partial charge in [0, 0.05) is 24.4 Å². The zero-order valence-corrected chi connectivity index (χ0v) is 26.5. The molecule has 1 aliphatic carbocycles. The van der Waals surface area contributed by atoms with Crippen molar-refractivity contribution in [2.75, 3.05) is 6.26 Å². The average molecular weight is 641 g/mol. The molecule has 0 aliphatic heterocycles. The average Bonchev–Trinajstić information content (AvgIpc) is 3.76. The summed E-state index contributed by atoms with van der Waals surface area (Å²) >= 11 is 0. The summed E-state index contributed by atoms with van der Waals surface area (Å²) in [6, 6.07) is 37.8. The molecule has 1 saturated carbocycles. The molecule has 7 nitrogen and oxygen atoms in total. The number of nitrogens with zero attached hydrogens (tertiary/aromatic N) is 1. The maximum atomic E-state index is 14.3. The first-order valence-corrected chi connectivity index (χ1v) is 17.2. The van der Waals surface area contributed by atoms with Crippen LogP contribution in [0.25, 0.3) is 33.2 Å². The summed E-state index contributed by atoms with van der Waals surface area (Å²) in [5.74, 6) is -1.25. The van der Waals surface area contributed by atoms with Crippen LogP contribution in [0, 0.1) is 0 Å². The number of carboxylic acids is 1. The van der Waals surface area contributed by atoms with Crippen LogP contribution in [0.5, 0.6) is 0 Å². The van der Waals surface area contributed by atoms with Crippen LogP contribution < -0.4 is 5.32 Å². The number of fused-ring (bicyclic) bond motifs is 1. The van der Waals surface area contributed by atoms with Gasteiger partial charge in [-0.3, -0.25) is 4.79 Å². The Labute approximate surface area is 273 Å². The molecule has 0 atom stereocenters. The Morgan fingerprint density at radius 3 is 2.11 bits per heavy atom. The number of aromatic nitrogens is 1. The van der Waals surface area contributed by atoms with Crippen LogP contribution in [0.15, 0.2) is 132 Å². The van der Waals surface area contributed by atoms with E-state index in [-0.39, 0.29) is 16.4 Å². The number of carboxylic acid groups (broad SMARTS) is 1. The van der Waals surface area contributed by atoms with Crippen molar-refractivity contribution in [1.82, 2.24) is 9.88 Å². The summed E-state index contributed by atoms with van der Waals surface area (Å²) in [7, 11) is -3.43. The molecule has 1 amide bonds. The molecule has 1 aromatic heterocycles. The van der Waals surface area contributed by atoms with Gasteiger partial charge in [0.25, 0.3) is 5.91 Å². The van der Waals surface area contributed by atoms with Gasteiger partial charge < -0.3 is 15.0 Å². The molecule has 7 rings (SSSR count). The van der Waals surface area contributed by atoms with Gasteiger partial charge >= 0.3 is 5.97 Å². The summed E-state index contributed by atoms with van der Waals surface area (Å²) in [5.41, 5.74) is 6.48. The standard InChI is InChI=1S/C39H32N2O5S/c1-47(45,46)34-9-5-8-30(23-34)32-22-31-18-21-41(25-26-10-12-28(13-11-26)27-6-3-2-4-7-27)36(31)35(24-32)37(42)40-39(19-20-39)33-16-14-29(15-17-33)38(43)44/h2-18,21-24H,19-20,25H2,1H3,(H,40,42)(H,43,44). The summed E-state index contributed by atoms with van der Waals surface area (Å²) < 4.78 is 26.7. The zero-order chi connectivity index (χ0) is 32.8. The Hall–Kier alpha value is -5.47. The molecule has 0 saturated heterocycles. The van der Waals surface area contributed by atoms with Crippen LogP contribution in [0.3, 0.4) is 0 Å². The number of rotatable bonds is 9. The van der Waals surface area contributed by atoms with Crippen molar-refractivity contribution in [3.8, 4) is 22.3 Å². The third-order valence-corrected chi connectivity index (χ3v) is 10.0. The molecule has 0 bridgehead atoms. The van der Waals surface area contributed by atoms with E-state index in [1.54, 1.807) is 42.5 Å². The van der Waals surface area contributed by atoms with Gasteiger partial charge in [-0.25, -0.2) is 13.2 Å². The van der Waals surface area contributed by atoms with E-state index in [2.05, 4.69) is 46.3 Å². The highest BCUT2D eigenvalue weighted by Gasteiger charge is 2.46. The molecular weight excluding hydrogens is 609 g/mol. The van der Waals surface area contributed by atoms with Crippen LogP contribution in [0.4, 0.5) is 0 Å². The second-order valence-electron chi connectivity index (χ2n) is 12.2. The van der Waals surface area contributed by atoms with Crippen LogP contribution in [-0.4, -0.2) is 36.2 Å². The number of hydrogen-bond donors (Lipinski definition) is 2. The lowest BCUT2D eigenvalue weighted by Crippen LogP contribution is -2.35. The van der Waals surface area contributed by atoms with Gasteiger partial charge in [-0.15, -0.1) is 0 Å². The number of sulfone groups is 1. The second-order valence-corrected chi connectivity index (χ2v) is 14.2. The summed E-state index contributed by atoms with van der Waals surface area (Å²) in [5, 5.41) is 13.5. The van der Waals surface area contributed by atoms with Gasteiger partial charge in [0.05, 0.1) is 27.1 Å². The molecule has 6 aromatic rings. The topological polar surface area (TPSA) is 105 Å². The van der Waals surface area contributed by atoms with E-state index >= 15 is 0 Å². The van der Waals surface area contributed by atoms with Crippen LogP contribution in [0.2, 0.25) is 0 Å². The summed E-state index contributed by atoms with van der Waals surface area (Å²) in [6.07, 6.45) is 4.62. The number of benzene rings is 5. The van der Waals surface area contributed by atoms with Crippen molar-refractivity contribution < 1.29 is 23.1 Å². The van der Waals surface area contributed by atoms with Crippen molar-refractivity contribution in [3.63, 3.8) is 0 Å². The number of carbonyl (C=O) groups excluding carboxylic acids is 1. The minimum Gasteiger partial charge on any atom is -0.478 e. The summed E-state index contributed by atoms with van der Waals surface area (Å²) in [4.78, 5) is 25.9. The lowest BCUT2D eigenvalue weighted by atomic mass is 9.98. The molecule has 1 heterocycles. The Bertz CT molecular complexity index is 2250. The lowest BCUT2D eigenvalue weighted by Gasteiger charge is -2.20. The Morgan fingerprint density at radius 2 is 1.45 bits per heavy atom. The molecule has 1 fully saturated rings. The monoisotopic (exact) mass is 640 g/mol. The minimum absolute atomic E-state index is 0.191. The van der Waals surface area contributed by atoms with E-state index in [1.165, 1.54) is 6.26 Å². The lowest BCUT2D eigenvalue weighted by molar-refractivity contribution is 0.0696. The normalized spacial score (nSPS) is 13.7. The van der Waals surface area contributed by atoms with Gasteiger partial charge in [-0.05, 0) is 88.7 Å². The van der Waals surface area contributed by atoms with Gasteiger partial charge in [-0.2, -0.15) is 0 Å². The largest absolute Gasteiger partial charge is 0.478 e. The smallest absolute Gasteiger partial charge is 0.335 e. The molecule has 0 spiro atoms. The molecule has 0 unspecified atom stereocenters. The first-order chi connectivity index (χ1) is 22.6. The van der Waals surface area contributed by atoms with Gasteiger partial charge in [0.1, 0.15) is 0 Å². The number of nitrogens with one attached hydrogen (secondary N) is 1. The Balaban J connectivity index is 1.28. The molecule has 2 N–H and O–H groups in total. The van der Waals surface area contributed by atoms with Crippen LogP contribution >= 0.6 is 0 Å².